The zero-order chi connectivity index (χ0) is 12.3. The van der Waals surface area contributed by atoms with Crippen LogP contribution in [0.1, 0.15) is 12.5 Å². The summed E-state index contributed by atoms with van der Waals surface area (Å²) in [5.41, 5.74) is 7.79. The molecule has 0 amide bonds. The summed E-state index contributed by atoms with van der Waals surface area (Å²) < 4.78 is 6.97. The molecule has 0 bridgehead atoms. The van der Waals surface area contributed by atoms with Crippen molar-refractivity contribution in [2.45, 2.75) is 13.3 Å². The number of benzene rings is 2. The molecule has 2 nitrogen and oxygen atoms in total. The smallest absolute Gasteiger partial charge is 0.150 e. The third-order valence-electron chi connectivity index (χ3n) is 2.55. The van der Waals surface area contributed by atoms with Gasteiger partial charge in [0, 0.05) is 3.57 Å². The molecule has 0 fully saturated rings. The normalized spacial score (nSPS) is 10.2. The summed E-state index contributed by atoms with van der Waals surface area (Å²) in [5.74, 6) is 1.59. The maximum atomic E-state index is 5.93. The van der Waals surface area contributed by atoms with Gasteiger partial charge in [0.1, 0.15) is 11.5 Å². The highest BCUT2D eigenvalue weighted by Crippen LogP contribution is 2.30. The molecule has 17 heavy (non-hydrogen) atoms. The van der Waals surface area contributed by atoms with Crippen molar-refractivity contribution in [1.82, 2.24) is 0 Å². The molecule has 88 valence electrons. The topological polar surface area (TPSA) is 35.2 Å². The molecule has 0 saturated heterocycles. The van der Waals surface area contributed by atoms with Crippen LogP contribution in [0.4, 0.5) is 5.69 Å². The highest BCUT2D eigenvalue weighted by molar-refractivity contribution is 14.1. The minimum atomic E-state index is 0.669. The van der Waals surface area contributed by atoms with Gasteiger partial charge in [-0.05, 0) is 58.8 Å². The first-order valence-corrected chi connectivity index (χ1v) is 6.59. The molecule has 0 heterocycles. The molecule has 2 aromatic rings. The maximum absolute atomic E-state index is 5.93. The van der Waals surface area contributed by atoms with Crippen LogP contribution in [0.5, 0.6) is 11.5 Å². The molecule has 0 radical (unpaired) electrons. The Morgan fingerprint density at radius 2 is 1.88 bits per heavy atom. The second-order valence-electron chi connectivity index (χ2n) is 3.75. The molecule has 2 N–H and O–H groups in total. The Morgan fingerprint density at radius 1 is 1.12 bits per heavy atom. The average Bonchev–Trinajstić information content (AvgIpc) is 2.33. The summed E-state index contributed by atoms with van der Waals surface area (Å²) in [6.45, 7) is 2.11. The summed E-state index contributed by atoms with van der Waals surface area (Å²) in [6.07, 6.45) is 0.945. The average molecular weight is 339 g/mol. The molecule has 0 aliphatic heterocycles. The predicted octanol–water partition coefficient (Wildman–Crippen LogP) is 4.23. The monoisotopic (exact) mass is 339 g/mol. The Kier molecular flexibility index (Phi) is 3.89. The van der Waals surface area contributed by atoms with E-state index in [2.05, 4.69) is 35.6 Å². The minimum Gasteiger partial charge on any atom is -0.455 e. The van der Waals surface area contributed by atoms with E-state index in [1.165, 1.54) is 5.56 Å². The SMILES string of the molecule is CCc1ccccc1Oc1ccc(I)cc1N. The Balaban J connectivity index is 2.31. The van der Waals surface area contributed by atoms with E-state index in [-0.39, 0.29) is 0 Å². The molecule has 0 atom stereocenters. The molecule has 0 saturated carbocycles. The number of hydrogen-bond donors (Lipinski definition) is 1. The van der Waals surface area contributed by atoms with Crippen LogP contribution in [0.2, 0.25) is 0 Å². The van der Waals surface area contributed by atoms with E-state index in [4.69, 9.17) is 10.5 Å². The molecule has 3 heteroatoms. The fraction of sp³-hybridized carbons (Fsp3) is 0.143. The lowest BCUT2D eigenvalue weighted by Crippen LogP contribution is -1.95. The van der Waals surface area contributed by atoms with E-state index in [1.54, 1.807) is 0 Å². The standard InChI is InChI=1S/C14H14INO/c1-2-10-5-3-4-6-13(10)17-14-8-7-11(15)9-12(14)16/h3-9H,2,16H2,1H3. The number of anilines is 1. The molecular weight excluding hydrogens is 325 g/mol. The van der Waals surface area contributed by atoms with Gasteiger partial charge in [0.05, 0.1) is 5.69 Å². The van der Waals surface area contributed by atoms with Crippen molar-refractivity contribution < 1.29 is 4.74 Å². The summed E-state index contributed by atoms with van der Waals surface area (Å²) in [5, 5.41) is 0. The van der Waals surface area contributed by atoms with Crippen LogP contribution in [0.25, 0.3) is 0 Å². The zero-order valence-corrected chi connectivity index (χ0v) is 11.8. The lowest BCUT2D eigenvalue weighted by Gasteiger charge is -2.11. The van der Waals surface area contributed by atoms with Gasteiger partial charge in [-0.15, -0.1) is 0 Å². The Morgan fingerprint density at radius 3 is 2.59 bits per heavy atom. The van der Waals surface area contributed by atoms with Gasteiger partial charge in [0.25, 0.3) is 0 Å². The predicted molar refractivity (Wildman–Crippen MR) is 79.5 cm³/mol. The first kappa shape index (κ1) is 12.2. The van der Waals surface area contributed by atoms with E-state index in [0.717, 1.165) is 15.7 Å². The molecule has 0 spiro atoms. The Bertz CT molecular complexity index is 525. The van der Waals surface area contributed by atoms with Gasteiger partial charge >= 0.3 is 0 Å². The number of nitrogen functional groups attached to an aromatic ring is 1. The Hall–Kier alpha value is -1.23. The molecule has 0 aromatic heterocycles. The van der Waals surface area contributed by atoms with Crippen LogP contribution >= 0.6 is 22.6 Å². The summed E-state index contributed by atoms with van der Waals surface area (Å²) >= 11 is 2.23. The van der Waals surface area contributed by atoms with Crippen molar-refractivity contribution in [3.8, 4) is 11.5 Å². The van der Waals surface area contributed by atoms with Crippen molar-refractivity contribution in [1.29, 1.82) is 0 Å². The fourth-order valence-corrected chi connectivity index (χ4v) is 2.14. The highest BCUT2D eigenvalue weighted by atomic mass is 127. The van der Waals surface area contributed by atoms with E-state index in [9.17, 15) is 0 Å². The number of halogens is 1. The van der Waals surface area contributed by atoms with Crippen molar-refractivity contribution in [3.63, 3.8) is 0 Å². The molecule has 0 unspecified atom stereocenters. The third kappa shape index (κ3) is 2.91. The molecule has 0 aliphatic rings. The number of nitrogens with two attached hydrogens (primary N) is 1. The van der Waals surface area contributed by atoms with Crippen LogP contribution < -0.4 is 10.5 Å². The first-order chi connectivity index (χ1) is 8.20. The Labute approximate surface area is 115 Å². The van der Waals surface area contributed by atoms with Crippen LogP contribution in [-0.4, -0.2) is 0 Å². The largest absolute Gasteiger partial charge is 0.455 e. The van der Waals surface area contributed by atoms with Crippen LogP contribution in [0, 0.1) is 3.57 Å². The number of aryl methyl sites for hydroxylation is 1. The van der Waals surface area contributed by atoms with Gasteiger partial charge in [-0.2, -0.15) is 0 Å². The van der Waals surface area contributed by atoms with E-state index in [1.807, 2.05) is 36.4 Å². The number of para-hydroxylation sites is 1. The second-order valence-corrected chi connectivity index (χ2v) is 4.99. The molecule has 0 aliphatic carbocycles. The van der Waals surface area contributed by atoms with Gasteiger partial charge in [-0.1, -0.05) is 25.1 Å². The second kappa shape index (κ2) is 5.40. The highest BCUT2D eigenvalue weighted by Gasteiger charge is 2.05. The number of rotatable bonds is 3. The molecular formula is C14H14INO. The first-order valence-electron chi connectivity index (χ1n) is 5.51. The van der Waals surface area contributed by atoms with E-state index < -0.39 is 0 Å². The van der Waals surface area contributed by atoms with Crippen molar-refractivity contribution in [3.05, 3.63) is 51.6 Å². The van der Waals surface area contributed by atoms with Crippen LogP contribution in [0.3, 0.4) is 0 Å². The lowest BCUT2D eigenvalue weighted by molar-refractivity contribution is 0.479. The van der Waals surface area contributed by atoms with Crippen LogP contribution in [-0.2, 0) is 6.42 Å². The molecule has 2 aromatic carbocycles. The van der Waals surface area contributed by atoms with Gasteiger partial charge < -0.3 is 10.5 Å². The van der Waals surface area contributed by atoms with Crippen molar-refractivity contribution in [2.24, 2.45) is 0 Å². The minimum absolute atomic E-state index is 0.669. The zero-order valence-electron chi connectivity index (χ0n) is 9.61. The van der Waals surface area contributed by atoms with Crippen molar-refractivity contribution >= 4 is 28.3 Å². The van der Waals surface area contributed by atoms with E-state index in [0.29, 0.717) is 11.4 Å². The number of ether oxygens (including phenoxy) is 1. The van der Waals surface area contributed by atoms with Crippen LogP contribution in [0.15, 0.2) is 42.5 Å². The van der Waals surface area contributed by atoms with Gasteiger partial charge in [0.15, 0.2) is 0 Å². The van der Waals surface area contributed by atoms with Gasteiger partial charge in [-0.3, -0.25) is 0 Å². The molecule has 2 rings (SSSR count). The quantitative estimate of drug-likeness (QED) is 0.671. The van der Waals surface area contributed by atoms with Crippen molar-refractivity contribution in [2.75, 3.05) is 5.73 Å². The maximum Gasteiger partial charge on any atom is 0.150 e. The summed E-state index contributed by atoms with van der Waals surface area (Å²) in [6, 6.07) is 13.8. The van der Waals surface area contributed by atoms with Gasteiger partial charge in [-0.25, -0.2) is 0 Å². The lowest BCUT2D eigenvalue weighted by atomic mass is 10.1. The van der Waals surface area contributed by atoms with E-state index >= 15 is 0 Å². The third-order valence-corrected chi connectivity index (χ3v) is 3.22. The van der Waals surface area contributed by atoms with Gasteiger partial charge in [0.2, 0.25) is 0 Å². The fourth-order valence-electron chi connectivity index (χ4n) is 1.63. The number of hydrogen-bond acceptors (Lipinski definition) is 2. The summed E-state index contributed by atoms with van der Waals surface area (Å²) in [7, 11) is 0. The summed E-state index contributed by atoms with van der Waals surface area (Å²) in [4.78, 5) is 0.